The Morgan fingerprint density at radius 1 is 1.30 bits per heavy atom. The fourth-order valence-electron chi connectivity index (χ4n) is 1.86. The summed E-state index contributed by atoms with van der Waals surface area (Å²) in [5, 5.41) is 14.3. The number of hydrogen-bond acceptors (Lipinski definition) is 2. The molecule has 110 valence electrons. The van der Waals surface area contributed by atoms with Gasteiger partial charge in [0.15, 0.2) is 0 Å². The van der Waals surface area contributed by atoms with Gasteiger partial charge in [0.1, 0.15) is 6.04 Å². The molecule has 2 amide bonds. The van der Waals surface area contributed by atoms with Crippen molar-refractivity contribution in [2.75, 3.05) is 0 Å². The third-order valence-corrected chi connectivity index (χ3v) is 3.47. The highest BCUT2D eigenvalue weighted by Crippen LogP contribution is 2.08. The lowest BCUT2D eigenvalue weighted by molar-refractivity contribution is -0.140. The fourth-order valence-corrected chi connectivity index (χ4v) is 1.86. The summed E-state index contributed by atoms with van der Waals surface area (Å²) in [5.74, 6) is -1.12. The van der Waals surface area contributed by atoms with Crippen molar-refractivity contribution in [3.8, 4) is 0 Å². The van der Waals surface area contributed by atoms with E-state index in [1.807, 2.05) is 38.1 Å². The summed E-state index contributed by atoms with van der Waals surface area (Å²) in [6, 6.07) is 6.41. The average molecular weight is 278 g/mol. The maximum Gasteiger partial charge on any atom is 0.326 e. The standard InChI is InChI=1S/C15H22N2O3/c1-4-10(2)13(14(18)19)17-15(20)16-9-12-8-6-5-7-11(12)3/h5-8,10,13H,4,9H2,1-3H3,(H,18,19)(H2,16,17,20). The molecule has 0 aromatic heterocycles. The third kappa shape index (κ3) is 4.57. The number of nitrogens with one attached hydrogen (secondary N) is 2. The molecule has 0 saturated carbocycles. The lowest BCUT2D eigenvalue weighted by atomic mass is 9.99. The van der Waals surface area contributed by atoms with E-state index in [-0.39, 0.29) is 5.92 Å². The number of amides is 2. The maximum atomic E-state index is 11.8. The Morgan fingerprint density at radius 2 is 1.95 bits per heavy atom. The van der Waals surface area contributed by atoms with Gasteiger partial charge in [0.05, 0.1) is 0 Å². The minimum absolute atomic E-state index is 0.114. The number of carbonyl (C=O) groups excluding carboxylic acids is 1. The molecule has 2 unspecified atom stereocenters. The molecule has 0 bridgehead atoms. The number of urea groups is 1. The monoisotopic (exact) mass is 278 g/mol. The molecule has 0 heterocycles. The van der Waals surface area contributed by atoms with Crippen LogP contribution in [0.3, 0.4) is 0 Å². The van der Waals surface area contributed by atoms with Crippen molar-refractivity contribution in [1.82, 2.24) is 10.6 Å². The first kappa shape index (κ1) is 16.0. The normalized spacial score (nSPS) is 13.3. The molecule has 1 aromatic rings. The van der Waals surface area contributed by atoms with Crippen LogP contribution in [-0.2, 0) is 11.3 Å². The fraction of sp³-hybridized carbons (Fsp3) is 0.467. The minimum atomic E-state index is -1.01. The van der Waals surface area contributed by atoms with Crippen LogP contribution in [0.4, 0.5) is 4.79 Å². The molecule has 0 radical (unpaired) electrons. The molecule has 1 rings (SSSR count). The van der Waals surface area contributed by atoms with E-state index >= 15 is 0 Å². The van der Waals surface area contributed by atoms with Gasteiger partial charge < -0.3 is 15.7 Å². The van der Waals surface area contributed by atoms with Gasteiger partial charge in [-0.15, -0.1) is 0 Å². The number of aryl methyl sites for hydroxylation is 1. The quantitative estimate of drug-likeness (QED) is 0.747. The van der Waals surface area contributed by atoms with E-state index in [9.17, 15) is 9.59 Å². The first-order chi connectivity index (χ1) is 9.45. The van der Waals surface area contributed by atoms with E-state index in [0.29, 0.717) is 13.0 Å². The van der Waals surface area contributed by atoms with E-state index in [2.05, 4.69) is 10.6 Å². The van der Waals surface area contributed by atoms with Gasteiger partial charge in [0, 0.05) is 6.54 Å². The number of carboxylic acid groups (broad SMARTS) is 1. The molecular weight excluding hydrogens is 256 g/mol. The number of benzene rings is 1. The number of rotatable bonds is 6. The molecule has 0 aliphatic rings. The lowest BCUT2D eigenvalue weighted by Gasteiger charge is -2.20. The molecule has 5 nitrogen and oxygen atoms in total. The van der Waals surface area contributed by atoms with Crippen LogP contribution in [0.1, 0.15) is 31.4 Å². The topological polar surface area (TPSA) is 78.4 Å². The van der Waals surface area contributed by atoms with Crippen LogP contribution in [0.25, 0.3) is 0 Å². The van der Waals surface area contributed by atoms with Gasteiger partial charge in [-0.2, -0.15) is 0 Å². The van der Waals surface area contributed by atoms with Crippen LogP contribution >= 0.6 is 0 Å². The molecule has 20 heavy (non-hydrogen) atoms. The Kier molecular flexibility index (Phi) is 6.03. The van der Waals surface area contributed by atoms with Gasteiger partial charge in [-0.3, -0.25) is 0 Å². The van der Waals surface area contributed by atoms with Gasteiger partial charge >= 0.3 is 12.0 Å². The molecule has 0 spiro atoms. The Labute approximate surface area is 119 Å². The molecule has 1 aromatic carbocycles. The van der Waals surface area contributed by atoms with E-state index in [1.165, 1.54) is 0 Å². The van der Waals surface area contributed by atoms with Crippen molar-refractivity contribution in [3.63, 3.8) is 0 Å². The van der Waals surface area contributed by atoms with E-state index < -0.39 is 18.0 Å². The van der Waals surface area contributed by atoms with Gasteiger partial charge in [0.25, 0.3) is 0 Å². The Hall–Kier alpha value is -2.04. The summed E-state index contributed by atoms with van der Waals surface area (Å²) in [6.07, 6.45) is 0.690. The minimum Gasteiger partial charge on any atom is -0.480 e. The first-order valence-corrected chi connectivity index (χ1v) is 6.77. The van der Waals surface area contributed by atoms with Crippen molar-refractivity contribution in [3.05, 3.63) is 35.4 Å². The molecule has 0 fully saturated rings. The van der Waals surface area contributed by atoms with Crippen molar-refractivity contribution in [1.29, 1.82) is 0 Å². The van der Waals surface area contributed by atoms with Gasteiger partial charge in [-0.25, -0.2) is 9.59 Å². The second-order valence-corrected chi connectivity index (χ2v) is 4.95. The van der Waals surface area contributed by atoms with Crippen molar-refractivity contribution in [2.45, 2.75) is 39.8 Å². The smallest absolute Gasteiger partial charge is 0.326 e. The Morgan fingerprint density at radius 3 is 2.50 bits per heavy atom. The highest BCUT2D eigenvalue weighted by molar-refractivity contribution is 5.82. The molecule has 0 aliphatic carbocycles. The summed E-state index contributed by atoms with van der Waals surface area (Å²) in [4.78, 5) is 22.9. The molecule has 0 aliphatic heterocycles. The largest absolute Gasteiger partial charge is 0.480 e. The van der Waals surface area contributed by atoms with Crippen LogP contribution in [-0.4, -0.2) is 23.1 Å². The highest BCUT2D eigenvalue weighted by atomic mass is 16.4. The number of hydrogen-bond donors (Lipinski definition) is 3. The number of carbonyl (C=O) groups is 2. The van der Waals surface area contributed by atoms with Crippen molar-refractivity contribution >= 4 is 12.0 Å². The third-order valence-electron chi connectivity index (χ3n) is 3.47. The van der Waals surface area contributed by atoms with Crippen LogP contribution < -0.4 is 10.6 Å². The Bertz CT molecular complexity index is 474. The van der Waals surface area contributed by atoms with Gasteiger partial charge in [0.2, 0.25) is 0 Å². The highest BCUT2D eigenvalue weighted by Gasteiger charge is 2.25. The SMILES string of the molecule is CCC(C)C(NC(=O)NCc1ccccc1C)C(=O)O. The summed E-state index contributed by atoms with van der Waals surface area (Å²) >= 11 is 0. The predicted molar refractivity (Wildman–Crippen MR) is 77.4 cm³/mol. The zero-order valence-electron chi connectivity index (χ0n) is 12.1. The maximum absolute atomic E-state index is 11.8. The summed E-state index contributed by atoms with van der Waals surface area (Å²) in [5.41, 5.74) is 2.10. The molecule has 5 heteroatoms. The second-order valence-electron chi connectivity index (χ2n) is 4.95. The first-order valence-electron chi connectivity index (χ1n) is 6.77. The summed E-state index contributed by atoms with van der Waals surface area (Å²) in [7, 11) is 0. The number of aliphatic carboxylic acids is 1. The second kappa shape index (κ2) is 7.53. The molecule has 3 N–H and O–H groups in total. The van der Waals surface area contributed by atoms with Crippen LogP contribution in [0, 0.1) is 12.8 Å². The summed E-state index contributed by atoms with van der Waals surface area (Å²) in [6.45, 7) is 6.05. The van der Waals surface area contributed by atoms with Crippen molar-refractivity contribution < 1.29 is 14.7 Å². The predicted octanol–water partition coefficient (Wildman–Crippen LogP) is 2.29. The molecule has 2 atom stereocenters. The molecular formula is C15H22N2O3. The summed E-state index contributed by atoms with van der Waals surface area (Å²) < 4.78 is 0. The van der Waals surface area contributed by atoms with Crippen LogP contribution in [0.15, 0.2) is 24.3 Å². The molecule has 0 saturated heterocycles. The van der Waals surface area contributed by atoms with Crippen LogP contribution in [0.2, 0.25) is 0 Å². The lowest BCUT2D eigenvalue weighted by Crippen LogP contribution is -2.48. The zero-order chi connectivity index (χ0) is 15.1. The van der Waals surface area contributed by atoms with Crippen molar-refractivity contribution in [2.24, 2.45) is 5.92 Å². The van der Waals surface area contributed by atoms with Gasteiger partial charge in [-0.1, -0.05) is 44.5 Å². The van der Waals surface area contributed by atoms with E-state index in [4.69, 9.17) is 5.11 Å². The van der Waals surface area contributed by atoms with E-state index in [0.717, 1.165) is 11.1 Å². The zero-order valence-corrected chi connectivity index (χ0v) is 12.1. The number of carboxylic acids is 1. The average Bonchev–Trinajstić information content (AvgIpc) is 2.42. The van der Waals surface area contributed by atoms with Gasteiger partial charge in [-0.05, 0) is 24.0 Å². The van der Waals surface area contributed by atoms with E-state index in [1.54, 1.807) is 6.92 Å². The van der Waals surface area contributed by atoms with Crippen LogP contribution in [0.5, 0.6) is 0 Å². The Balaban J connectivity index is 2.55.